The molecular weight excluding hydrogens is 426 g/mol. The van der Waals surface area contributed by atoms with Crippen molar-refractivity contribution in [3.05, 3.63) is 59.6 Å². The van der Waals surface area contributed by atoms with Crippen LogP contribution >= 0.6 is 11.6 Å². The maximum absolute atomic E-state index is 6.54. The van der Waals surface area contributed by atoms with Crippen LogP contribution in [-0.4, -0.2) is 64.0 Å². The van der Waals surface area contributed by atoms with E-state index in [-0.39, 0.29) is 0 Å². The predicted octanol–water partition coefficient (Wildman–Crippen LogP) is 3.46. The molecule has 32 heavy (non-hydrogen) atoms. The Morgan fingerprint density at radius 2 is 1.75 bits per heavy atom. The molecule has 3 heterocycles. The van der Waals surface area contributed by atoms with Crippen LogP contribution in [0.25, 0.3) is 28.0 Å². The van der Waals surface area contributed by atoms with E-state index >= 15 is 0 Å². The first-order valence-corrected chi connectivity index (χ1v) is 11.0. The Morgan fingerprint density at radius 3 is 2.50 bits per heavy atom. The topological polar surface area (TPSA) is 94.1 Å². The smallest absolute Gasteiger partial charge is 0.225 e. The molecule has 1 fully saturated rings. The van der Waals surface area contributed by atoms with E-state index in [1.54, 1.807) is 4.68 Å². The fourth-order valence-corrected chi connectivity index (χ4v) is 3.95. The Labute approximate surface area is 191 Å². The SMILES string of the molecule is Nc1c2c(-c3ccccc3)nc(NCCN3CCOCC3)nc2nn1-c1ccc(Cl)cc1. The summed E-state index contributed by atoms with van der Waals surface area (Å²) in [6.07, 6.45) is 0. The molecule has 0 unspecified atom stereocenters. The van der Waals surface area contributed by atoms with E-state index in [4.69, 9.17) is 27.1 Å². The number of nitrogens with two attached hydrogens (primary N) is 1. The van der Waals surface area contributed by atoms with Crippen molar-refractivity contribution in [2.45, 2.75) is 0 Å². The van der Waals surface area contributed by atoms with Crippen LogP contribution in [0.5, 0.6) is 0 Å². The van der Waals surface area contributed by atoms with E-state index in [9.17, 15) is 0 Å². The van der Waals surface area contributed by atoms with Crippen LogP contribution in [0.15, 0.2) is 54.6 Å². The lowest BCUT2D eigenvalue weighted by atomic mass is 10.1. The van der Waals surface area contributed by atoms with Crippen molar-refractivity contribution >= 4 is 34.4 Å². The number of halogens is 1. The first-order valence-electron chi connectivity index (χ1n) is 10.6. The van der Waals surface area contributed by atoms with Gasteiger partial charge in [0, 0.05) is 36.8 Å². The van der Waals surface area contributed by atoms with E-state index < -0.39 is 0 Å². The molecular formula is C23H24ClN7O. The fraction of sp³-hybridized carbons (Fsp3) is 0.261. The Hall–Kier alpha value is -3.20. The van der Waals surface area contributed by atoms with E-state index in [2.05, 4.69) is 20.3 Å². The summed E-state index contributed by atoms with van der Waals surface area (Å²) in [5.41, 5.74) is 9.61. The zero-order chi connectivity index (χ0) is 21.9. The van der Waals surface area contributed by atoms with Gasteiger partial charge >= 0.3 is 0 Å². The quantitative estimate of drug-likeness (QED) is 0.465. The van der Waals surface area contributed by atoms with Gasteiger partial charge in [0.15, 0.2) is 5.65 Å². The van der Waals surface area contributed by atoms with Gasteiger partial charge in [0.2, 0.25) is 5.95 Å². The van der Waals surface area contributed by atoms with Gasteiger partial charge in [-0.05, 0) is 24.3 Å². The minimum atomic E-state index is 0.487. The number of morpholine rings is 1. The molecule has 0 spiro atoms. The van der Waals surface area contributed by atoms with Crippen LogP contribution in [0, 0.1) is 0 Å². The lowest BCUT2D eigenvalue weighted by Gasteiger charge is -2.26. The van der Waals surface area contributed by atoms with E-state index in [0.717, 1.165) is 61.7 Å². The number of ether oxygens (including phenoxy) is 1. The average molecular weight is 450 g/mol. The lowest BCUT2D eigenvalue weighted by molar-refractivity contribution is 0.0398. The second-order valence-electron chi connectivity index (χ2n) is 7.61. The van der Waals surface area contributed by atoms with Crippen LogP contribution in [0.2, 0.25) is 5.02 Å². The third-order valence-electron chi connectivity index (χ3n) is 5.50. The Balaban J connectivity index is 1.52. The molecule has 0 radical (unpaired) electrons. The maximum Gasteiger partial charge on any atom is 0.225 e. The van der Waals surface area contributed by atoms with Crippen LogP contribution in [0.4, 0.5) is 11.8 Å². The van der Waals surface area contributed by atoms with E-state index in [1.165, 1.54) is 0 Å². The molecule has 0 saturated carbocycles. The zero-order valence-corrected chi connectivity index (χ0v) is 18.3. The van der Waals surface area contributed by atoms with Crippen molar-refractivity contribution < 1.29 is 4.74 Å². The van der Waals surface area contributed by atoms with Crippen molar-refractivity contribution in [2.24, 2.45) is 0 Å². The molecule has 1 aliphatic rings. The van der Waals surface area contributed by atoms with Gasteiger partial charge in [0.25, 0.3) is 0 Å². The Morgan fingerprint density at radius 1 is 1.00 bits per heavy atom. The Kier molecular flexibility index (Phi) is 5.89. The Bertz CT molecular complexity index is 1200. The van der Waals surface area contributed by atoms with Gasteiger partial charge in [-0.15, -0.1) is 5.10 Å². The molecule has 1 aliphatic heterocycles. The predicted molar refractivity (Wildman–Crippen MR) is 127 cm³/mol. The zero-order valence-electron chi connectivity index (χ0n) is 17.5. The van der Waals surface area contributed by atoms with E-state index in [0.29, 0.717) is 22.4 Å². The minimum absolute atomic E-state index is 0.487. The highest BCUT2D eigenvalue weighted by atomic mass is 35.5. The molecule has 0 amide bonds. The van der Waals surface area contributed by atoms with Crippen LogP contribution < -0.4 is 11.1 Å². The second kappa shape index (κ2) is 9.12. The second-order valence-corrected chi connectivity index (χ2v) is 8.05. The number of aromatic nitrogens is 4. The van der Waals surface area contributed by atoms with Crippen LogP contribution in [0.3, 0.4) is 0 Å². The lowest BCUT2D eigenvalue weighted by Crippen LogP contribution is -2.39. The molecule has 0 bridgehead atoms. The van der Waals surface area contributed by atoms with Crippen molar-refractivity contribution in [1.29, 1.82) is 0 Å². The summed E-state index contributed by atoms with van der Waals surface area (Å²) < 4.78 is 7.10. The highest BCUT2D eigenvalue weighted by Crippen LogP contribution is 2.32. The van der Waals surface area contributed by atoms with Crippen molar-refractivity contribution in [2.75, 3.05) is 50.4 Å². The standard InChI is InChI=1S/C23H24ClN7O/c24-17-6-8-18(9-7-17)31-21(25)19-20(16-4-2-1-3-5-16)27-23(28-22(19)29-31)26-10-11-30-12-14-32-15-13-30/h1-9H,10-15,25H2,(H,26,28,29). The highest BCUT2D eigenvalue weighted by molar-refractivity contribution is 6.30. The summed E-state index contributed by atoms with van der Waals surface area (Å²) >= 11 is 6.05. The number of nitrogen functional groups attached to an aromatic ring is 1. The molecule has 0 atom stereocenters. The normalized spacial score (nSPS) is 14.7. The van der Waals surface area contributed by atoms with Crippen molar-refractivity contribution in [1.82, 2.24) is 24.6 Å². The molecule has 3 N–H and O–H groups in total. The molecule has 164 valence electrons. The third-order valence-corrected chi connectivity index (χ3v) is 5.75. The van der Waals surface area contributed by atoms with Crippen molar-refractivity contribution in [3.8, 4) is 16.9 Å². The highest BCUT2D eigenvalue weighted by Gasteiger charge is 2.19. The third kappa shape index (κ3) is 4.25. The summed E-state index contributed by atoms with van der Waals surface area (Å²) in [4.78, 5) is 11.8. The molecule has 4 aromatic rings. The van der Waals surface area contributed by atoms with Gasteiger partial charge in [-0.2, -0.15) is 4.98 Å². The summed E-state index contributed by atoms with van der Waals surface area (Å²) in [5, 5.41) is 9.43. The van der Waals surface area contributed by atoms with Gasteiger partial charge in [-0.1, -0.05) is 41.9 Å². The largest absolute Gasteiger partial charge is 0.383 e. The van der Waals surface area contributed by atoms with Crippen molar-refractivity contribution in [3.63, 3.8) is 0 Å². The number of fused-ring (bicyclic) bond motifs is 1. The monoisotopic (exact) mass is 449 g/mol. The van der Waals surface area contributed by atoms with Gasteiger partial charge in [0.05, 0.1) is 30.0 Å². The fourth-order valence-electron chi connectivity index (χ4n) is 3.83. The van der Waals surface area contributed by atoms with Crippen LogP contribution in [-0.2, 0) is 4.74 Å². The molecule has 9 heteroatoms. The summed E-state index contributed by atoms with van der Waals surface area (Å²) in [6, 6.07) is 17.3. The first kappa shape index (κ1) is 20.7. The number of hydrogen-bond donors (Lipinski definition) is 2. The minimum Gasteiger partial charge on any atom is -0.383 e. The van der Waals surface area contributed by atoms with Crippen LogP contribution in [0.1, 0.15) is 0 Å². The first-order chi connectivity index (χ1) is 15.7. The number of hydrogen-bond acceptors (Lipinski definition) is 7. The maximum atomic E-state index is 6.54. The molecule has 1 saturated heterocycles. The van der Waals surface area contributed by atoms with Gasteiger partial charge in [-0.3, -0.25) is 4.90 Å². The number of nitrogens with one attached hydrogen (secondary N) is 1. The molecule has 5 rings (SSSR count). The number of benzene rings is 2. The summed E-state index contributed by atoms with van der Waals surface area (Å²) in [5.74, 6) is 1.02. The molecule has 2 aromatic heterocycles. The average Bonchev–Trinajstić information content (AvgIpc) is 3.16. The number of nitrogens with zero attached hydrogens (tertiary/aromatic N) is 5. The molecule has 8 nitrogen and oxygen atoms in total. The van der Waals surface area contributed by atoms with Gasteiger partial charge in [-0.25, -0.2) is 9.67 Å². The van der Waals surface area contributed by atoms with Gasteiger partial charge in [0.1, 0.15) is 5.82 Å². The number of anilines is 2. The van der Waals surface area contributed by atoms with E-state index in [1.807, 2.05) is 54.6 Å². The molecule has 2 aromatic carbocycles. The summed E-state index contributed by atoms with van der Waals surface area (Å²) in [7, 11) is 0. The van der Waals surface area contributed by atoms with Gasteiger partial charge < -0.3 is 15.8 Å². The molecule has 0 aliphatic carbocycles. The number of rotatable bonds is 6. The summed E-state index contributed by atoms with van der Waals surface area (Å²) in [6.45, 7) is 5.07.